The molecular weight excluding hydrogens is 288 g/mol. The van der Waals surface area contributed by atoms with Crippen molar-refractivity contribution in [2.45, 2.75) is 6.18 Å². The van der Waals surface area contributed by atoms with Crippen LogP contribution in [-0.2, 0) is 0 Å². The second-order valence-electron chi connectivity index (χ2n) is 3.79. The Morgan fingerprint density at radius 1 is 1.07 bits per heavy atom. The van der Waals surface area contributed by atoms with E-state index in [1.807, 2.05) is 6.07 Å². The van der Waals surface area contributed by atoms with Crippen LogP contribution in [0.25, 0.3) is 0 Å². The smallest absolute Gasteiger partial charge is 0.422 e. The molecule has 15 heavy (non-hydrogen) atoms. The summed E-state index contributed by atoms with van der Waals surface area (Å²) in [6.07, 6.45) is -4.74. The van der Waals surface area contributed by atoms with Gasteiger partial charge in [0.15, 0.2) is 6.16 Å². The predicted octanol–water partition coefficient (Wildman–Crippen LogP) is 0.155. The Balaban J connectivity index is 0.00000196. The summed E-state index contributed by atoms with van der Waals surface area (Å²) in [6, 6.07) is 8.94. The average Bonchev–Trinajstić information content (AvgIpc) is 2.01. The van der Waals surface area contributed by atoms with E-state index in [0.717, 1.165) is 5.30 Å². The molecule has 0 spiro atoms. The van der Waals surface area contributed by atoms with E-state index in [9.17, 15) is 13.2 Å². The number of halogens is 4. The van der Waals surface area contributed by atoms with Gasteiger partial charge in [0.05, 0.1) is 25.9 Å². The van der Waals surface area contributed by atoms with Crippen LogP contribution >= 0.6 is 7.26 Å². The minimum Gasteiger partial charge on any atom is -1.00 e. The summed E-state index contributed by atoms with van der Waals surface area (Å²) in [4.78, 5) is 0. The van der Waals surface area contributed by atoms with Crippen molar-refractivity contribution in [2.24, 2.45) is 0 Å². The molecule has 0 saturated carbocycles. The molecule has 0 atom stereocenters. The van der Waals surface area contributed by atoms with Crippen LogP contribution in [0.4, 0.5) is 13.2 Å². The number of rotatable bonds is 2. The Labute approximate surface area is 99.0 Å². The maximum atomic E-state index is 12.3. The molecule has 1 aromatic carbocycles. The zero-order valence-electron chi connectivity index (χ0n) is 8.55. The summed E-state index contributed by atoms with van der Waals surface area (Å²) in [5.41, 5.74) is 0. The van der Waals surface area contributed by atoms with Crippen molar-refractivity contribution in [2.75, 3.05) is 19.5 Å². The quantitative estimate of drug-likeness (QED) is 0.683. The van der Waals surface area contributed by atoms with Crippen LogP contribution < -0.4 is 22.3 Å². The van der Waals surface area contributed by atoms with Gasteiger partial charge in [-0.15, -0.1) is 0 Å². The van der Waals surface area contributed by atoms with Crippen LogP contribution in [0.1, 0.15) is 0 Å². The highest BCUT2D eigenvalue weighted by Crippen LogP contribution is 2.53. The molecule has 0 bridgehead atoms. The van der Waals surface area contributed by atoms with Gasteiger partial charge in [-0.1, -0.05) is 18.2 Å². The summed E-state index contributed by atoms with van der Waals surface area (Å²) in [5.74, 6) is 0. The van der Waals surface area contributed by atoms with Gasteiger partial charge in [0, 0.05) is 0 Å². The second kappa shape index (κ2) is 5.31. The standard InChI is InChI=1S/C10H13F3P.BrH/c1-14(2,8-10(11,12)13)9-6-4-3-5-7-9;/h3-7H,8H2,1-2H3;1H/q+1;/p-1. The molecule has 0 saturated heterocycles. The van der Waals surface area contributed by atoms with Crippen LogP contribution in [0.15, 0.2) is 30.3 Å². The minimum absolute atomic E-state index is 0. The van der Waals surface area contributed by atoms with Crippen LogP contribution in [0.3, 0.4) is 0 Å². The van der Waals surface area contributed by atoms with Gasteiger partial charge >= 0.3 is 6.18 Å². The van der Waals surface area contributed by atoms with Crippen LogP contribution in [0, 0.1) is 0 Å². The highest BCUT2D eigenvalue weighted by molar-refractivity contribution is 7.81. The fourth-order valence-corrected chi connectivity index (χ4v) is 3.43. The van der Waals surface area contributed by atoms with Crippen molar-refractivity contribution in [3.05, 3.63) is 30.3 Å². The van der Waals surface area contributed by atoms with Gasteiger partial charge < -0.3 is 17.0 Å². The summed E-state index contributed by atoms with van der Waals surface area (Å²) in [7, 11) is -2.04. The van der Waals surface area contributed by atoms with Gasteiger partial charge in [-0.25, -0.2) is 0 Å². The Hall–Kier alpha value is -0.0800. The van der Waals surface area contributed by atoms with E-state index in [1.54, 1.807) is 37.6 Å². The molecular formula is C10H13BrF3P. The van der Waals surface area contributed by atoms with E-state index in [2.05, 4.69) is 0 Å². The zero-order valence-corrected chi connectivity index (χ0v) is 11.0. The van der Waals surface area contributed by atoms with Crippen molar-refractivity contribution < 1.29 is 30.2 Å². The fraction of sp³-hybridized carbons (Fsp3) is 0.400. The van der Waals surface area contributed by atoms with Crippen LogP contribution in [0.5, 0.6) is 0 Å². The molecule has 0 N–H and O–H groups in total. The molecule has 0 aliphatic carbocycles. The lowest BCUT2D eigenvalue weighted by atomic mass is 10.4. The molecule has 86 valence electrons. The minimum atomic E-state index is -4.06. The molecule has 0 fully saturated rings. The molecule has 0 aliphatic rings. The summed E-state index contributed by atoms with van der Waals surface area (Å²) in [5, 5.41) is 0.831. The molecule has 1 aromatic rings. The van der Waals surface area contributed by atoms with E-state index < -0.39 is 19.6 Å². The maximum absolute atomic E-state index is 12.3. The van der Waals surface area contributed by atoms with Crippen molar-refractivity contribution in [1.82, 2.24) is 0 Å². The molecule has 0 nitrogen and oxygen atoms in total. The molecule has 0 amide bonds. The van der Waals surface area contributed by atoms with Crippen molar-refractivity contribution >= 4 is 12.6 Å². The van der Waals surface area contributed by atoms with Crippen molar-refractivity contribution in [3.8, 4) is 0 Å². The molecule has 1 rings (SSSR count). The third-order valence-electron chi connectivity index (χ3n) is 2.03. The van der Waals surface area contributed by atoms with Gasteiger partial charge in [0.2, 0.25) is 0 Å². The lowest BCUT2D eigenvalue weighted by molar-refractivity contribution is -0.106. The van der Waals surface area contributed by atoms with Gasteiger partial charge in [-0.05, 0) is 12.1 Å². The third kappa shape index (κ3) is 4.98. The molecule has 0 unspecified atom stereocenters. The summed E-state index contributed by atoms with van der Waals surface area (Å²) >= 11 is 0. The van der Waals surface area contributed by atoms with Crippen LogP contribution in [-0.4, -0.2) is 25.7 Å². The van der Waals surface area contributed by atoms with Gasteiger partial charge in [0.1, 0.15) is 0 Å². The average molecular weight is 301 g/mol. The van der Waals surface area contributed by atoms with E-state index in [1.165, 1.54) is 0 Å². The molecule has 5 heteroatoms. The topological polar surface area (TPSA) is 0 Å². The maximum Gasteiger partial charge on any atom is 0.422 e. The Morgan fingerprint density at radius 3 is 1.93 bits per heavy atom. The van der Waals surface area contributed by atoms with Crippen molar-refractivity contribution in [3.63, 3.8) is 0 Å². The van der Waals surface area contributed by atoms with Crippen molar-refractivity contribution in [1.29, 1.82) is 0 Å². The highest BCUT2D eigenvalue weighted by atomic mass is 79.9. The number of hydrogen-bond acceptors (Lipinski definition) is 0. The first-order valence-corrected chi connectivity index (χ1v) is 7.13. The largest absolute Gasteiger partial charge is 1.00 e. The lowest BCUT2D eigenvalue weighted by Gasteiger charge is -2.19. The van der Waals surface area contributed by atoms with Crippen LogP contribution in [0.2, 0.25) is 0 Å². The van der Waals surface area contributed by atoms with E-state index in [-0.39, 0.29) is 17.0 Å². The Bertz CT molecular complexity index is 295. The first kappa shape index (κ1) is 14.9. The fourth-order valence-electron chi connectivity index (χ4n) is 1.37. The lowest BCUT2D eigenvalue weighted by Crippen LogP contribution is -3.00. The molecule has 0 aliphatic heterocycles. The predicted molar refractivity (Wildman–Crippen MR) is 55.8 cm³/mol. The second-order valence-corrected chi connectivity index (χ2v) is 8.00. The molecule has 0 heterocycles. The normalized spacial score (nSPS) is 12.1. The van der Waals surface area contributed by atoms with E-state index in [4.69, 9.17) is 0 Å². The summed E-state index contributed by atoms with van der Waals surface area (Å²) < 4.78 is 36.8. The van der Waals surface area contributed by atoms with Gasteiger partial charge in [0.25, 0.3) is 0 Å². The number of benzene rings is 1. The first-order valence-electron chi connectivity index (χ1n) is 4.27. The Morgan fingerprint density at radius 2 is 1.53 bits per heavy atom. The van der Waals surface area contributed by atoms with E-state index in [0.29, 0.717) is 0 Å². The van der Waals surface area contributed by atoms with E-state index >= 15 is 0 Å². The molecule has 0 radical (unpaired) electrons. The van der Waals surface area contributed by atoms with Gasteiger partial charge in [-0.2, -0.15) is 13.2 Å². The Kier molecular flexibility index (Phi) is 5.28. The summed E-state index contributed by atoms with van der Waals surface area (Å²) in [6.45, 7) is 3.44. The number of hydrogen-bond donors (Lipinski definition) is 0. The molecule has 0 aromatic heterocycles. The van der Waals surface area contributed by atoms with Gasteiger partial charge in [-0.3, -0.25) is 0 Å². The monoisotopic (exact) mass is 300 g/mol. The highest BCUT2D eigenvalue weighted by Gasteiger charge is 2.43. The zero-order chi connectivity index (χ0) is 10.8. The number of alkyl halides is 3. The third-order valence-corrected chi connectivity index (χ3v) is 4.87. The SMILES string of the molecule is C[P+](C)(CC(F)(F)F)c1ccccc1.[Br-]. The first-order chi connectivity index (χ1) is 6.31.